The number of hydrogen-bond acceptors (Lipinski definition) is 5. The number of halogens is 4. The fourth-order valence-corrected chi connectivity index (χ4v) is 4.69. The minimum atomic E-state index is -2.97. The summed E-state index contributed by atoms with van der Waals surface area (Å²) in [5, 5.41) is 5.54. The van der Waals surface area contributed by atoms with Gasteiger partial charge in [-0.15, -0.1) is 0 Å². The summed E-state index contributed by atoms with van der Waals surface area (Å²) in [5.41, 5.74) is 3.14. The number of alkyl halides is 2. The molecule has 1 aromatic heterocycles. The lowest BCUT2D eigenvalue weighted by Crippen LogP contribution is -2.35. The molecule has 0 radical (unpaired) electrons. The zero-order valence-electron chi connectivity index (χ0n) is 18.0. The minimum absolute atomic E-state index is 0.0620. The molecular formula is C24H18Cl2F2N4O2. The number of hydrogen-bond donors (Lipinski definition) is 0. The number of fused-ring (bicyclic) bond motifs is 2. The largest absolute Gasteiger partial charge is 0.493 e. The van der Waals surface area contributed by atoms with Crippen molar-refractivity contribution in [3.05, 3.63) is 87.7 Å². The van der Waals surface area contributed by atoms with Gasteiger partial charge < -0.3 is 14.4 Å². The van der Waals surface area contributed by atoms with E-state index < -0.39 is 12.7 Å². The van der Waals surface area contributed by atoms with Gasteiger partial charge in [-0.3, -0.25) is 0 Å². The van der Waals surface area contributed by atoms with Gasteiger partial charge >= 0.3 is 6.61 Å². The van der Waals surface area contributed by atoms with Crippen LogP contribution in [0, 0.1) is 6.92 Å². The third kappa shape index (κ3) is 3.82. The molecule has 0 unspecified atom stereocenters. The standard InChI is InChI=1S/C24H18Cl2F2N4O2/c1-13-20-21(14-8-9-18(34-24(27)28)19(10-14)33-2)31-12-15(25)11-17(26)22(31)29-23(20)32(30-13)16-6-4-3-5-7-16/h3-12,21,24H,1-2H3/t21-/m0/s1. The topological polar surface area (TPSA) is 51.9 Å². The molecule has 34 heavy (non-hydrogen) atoms. The van der Waals surface area contributed by atoms with Crippen LogP contribution in [0.1, 0.15) is 22.9 Å². The number of benzene rings is 2. The molecule has 0 bridgehead atoms. The molecule has 2 aliphatic heterocycles. The molecule has 0 amide bonds. The normalized spacial score (nSPS) is 17.0. The van der Waals surface area contributed by atoms with Crippen LogP contribution in [0.15, 0.2) is 75.9 Å². The second-order valence-corrected chi connectivity index (χ2v) is 8.45. The fraction of sp³-hybridized carbons (Fsp3) is 0.167. The molecule has 0 saturated carbocycles. The maximum atomic E-state index is 12.9. The molecule has 0 aliphatic carbocycles. The Morgan fingerprint density at radius 3 is 2.53 bits per heavy atom. The van der Waals surface area contributed by atoms with Gasteiger partial charge in [0.2, 0.25) is 0 Å². The Balaban J connectivity index is 1.73. The molecule has 5 rings (SSSR count). The number of aliphatic imine (C=N–C) groups is 1. The maximum Gasteiger partial charge on any atom is 0.387 e. The van der Waals surface area contributed by atoms with Gasteiger partial charge in [0.1, 0.15) is 0 Å². The SMILES string of the molecule is COc1cc([C@H]2c3c(C)nn(-c4ccccc4)c3N=C3C(Cl)=CC(Cl)=CN32)ccc1OC(F)F. The number of para-hydroxylation sites is 1. The second-order valence-electron chi connectivity index (χ2n) is 7.61. The Hall–Kier alpha value is -3.36. The van der Waals surface area contributed by atoms with Gasteiger partial charge in [-0.2, -0.15) is 13.9 Å². The van der Waals surface area contributed by atoms with Crippen molar-refractivity contribution in [2.24, 2.45) is 4.99 Å². The number of amidine groups is 1. The first-order valence-corrected chi connectivity index (χ1v) is 11.0. The molecule has 174 valence electrons. The van der Waals surface area contributed by atoms with E-state index >= 15 is 0 Å². The van der Waals surface area contributed by atoms with E-state index in [1.807, 2.05) is 42.2 Å². The number of ether oxygens (including phenoxy) is 2. The van der Waals surface area contributed by atoms with Crippen molar-refractivity contribution in [2.75, 3.05) is 7.11 Å². The molecule has 6 nitrogen and oxygen atoms in total. The average Bonchev–Trinajstić information content (AvgIpc) is 3.14. The van der Waals surface area contributed by atoms with Crippen LogP contribution in [0.5, 0.6) is 11.5 Å². The zero-order chi connectivity index (χ0) is 24.0. The van der Waals surface area contributed by atoms with Gasteiger partial charge in [0, 0.05) is 11.8 Å². The highest BCUT2D eigenvalue weighted by molar-refractivity contribution is 6.45. The smallest absolute Gasteiger partial charge is 0.387 e. The molecule has 0 fully saturated rings. The van der Waals surface area contributed by atoms with Crippen molar-refractivity contribution in [1.82, 2.24) is 14.7 Å². The molecule has 3 aromatic rings. The third-order valence-corrected chi connectivity index (χ3v) is 6.04. The molecule has 2 aromatic carbocycles. The molecule has 0 N–H and O–H groups in total. The van der Waals surface area contributed by atoms with Crippen molar-refractivity contribution in [3.63, 3.8) is 0 Å². The Morgan fingerprint density at radius 1 is 1.06 bits per heavy atom. The summed E-state index contributed by atoms with van der Waals surface area (Å²) in [7, 11) is 1.40. The highest BCUT2D eigenvalue weighted by Crippen LogP contribution is 2.46. The van der Waals surface area contributed by atoms with Gasteiger partial charge in [-0.1, -0.05) is 47.5 Å². The van der Waals surface area contributed by atoms with E-state index in [2.05, 4.69) is 4.74 Å². The summed E-state index contributed by atoms with van der Waals surface area (Å²) in [5.74, 6) is 1.22. The summed E-state index contributed by atoms with van der Waals surface area (Å²) in [6.07, 6.45) is 3.35. The number of aryl methyl sites for hydroxylation is 1. The van der Waals surface area contributed by atoms with Crippen molar-refractivity contribution in [1.29, 1.82) is 0 Å². The summed E-state index contributed by atoms with van der Waals surface area (Å²) in [6, 6.07) is 14.0. The molecular weight excluding hydrogens is 485 g/mol. The highest BCUT2D eigenvalue weighted by atomic mass is 35.5. The molecule has 2 aliphatic rings. The van der Waals surface area contributed by atoms with Crippen molar-refractivity contribution in [3.8, 4) is 17.2 Å². The Morgan fingerprint density at radius 2 is 1.82 bits per heavy atom. The lowest BCUT2D eigenvalue weighted by atomic mass is 9.94. The zero-order valence-corrected chi connectivity index (χ0v) is 19.6. The monoisotopic (exact) mass is 502 g/mol. The van der Waals surface area contributed by atoms with Gasteiger partial charge in [0.25, 0.3) is 0 Å². The summed E-state index contributed by atoms with van der Waals surface area (Å²) < 4.78 is 37.4. The second kappa shape index (κ2) is 8.77. The van der Waals surface area contributed by atoms with Crippen LogP contribution in [0.4, 0.5) is 14.6 Å². The fourth-order valence-electron chi connectivity index (χ4n) is 4.17. The lowest BCUT2D eigenvalue weighted by molar-refractivity contribution is -0.0512. The van der Waals surface area contributed by atoms with Gasteiger partial charge in [0.15, 0.2) is 23.2 Å². The van der Waals surface area contributed by atoms with E-state index in [0.717, 1.165) is 22.5 Å². The first-order chi connectivity index (χ1) is 16.4. The van der Waals surface area contributed by atoms with E-state index in [4.69, 9.17) is 38.0 Å². The van der Waals surface area contributed by atoms with E-state index in [1.54, 1.807) is 29.1 Å². The first-order valence-electron chi connectivity index (χ1n) is 10.3. The van der Waals surface area contributed by atoms with Crippen LogP contribution in [-0.2, 0) is 0 Å². The summed E-state index contributed by atoms with van der Waals surface area (Å²) in [4.78, 5) is 6.69. The average molecular weight is 503 g/mol. The number of rotatable bonds is 5. The van der Waals surface area contributed by atoms with Gasteiger partial charge in [0.05, 0.1) is 34.6 Å². The predicted molar refractivity (Wildman–Crippen MR) is 127 cm³/mol. The predicted octanol–water partition coefficient (Wildman–Crippen LogP) is 6.44. The van der Waals surface area contributed by atoms with Crippen LogP contribution in [0.2, 0.25) is 0 Å². The quantitative estimate of drug-likeness (QED) is 0.402. The maximum absolute atomic E-state index is 12.9. The van der Waals surface area contributed by atoms with E-state index in [0.29, 0.717) is 21.7 Å². The summed E-state index contributed by atoms with van der Waals surface area (Å²) in [6.45, 7) is -1.08. The first kappa shape index (κ1) is 22.4. The minimum Gasteiger partial charge on any atom is -0.493 e. The van der Waals surface area contributed by atoms with Crippen molar-refractivity contribution < 1.29 is 18.3 Å². The van der Waals surface area contributed by atoms with E-state index in [9.17, 15) is 8.78 Å². The van der Waals surface area contributed by atoms with Crippen molar-refractivity contribution in [2.45, 2.75) is 19.6 Å². The van der Waals surface area contributed by atoms with Crippen LogP contribution in [0.3, 0.4) is 0 Å². The van der Waals surface area contributed by atoms with Crippen LogP contribution < -0.4 is 9.47 Å². The lowest BCUT2D eigenvalue weighted by Gasteiger charge is -2.37. The number of aromatic nitrogens is 2. The number of allylic oxidation sites excluding steroid dienone is 2. The summed E-state index contributed by atoms with van der Waals surface area (Å²) >= 11 is 12.9. The van der Waals surface area contributed by atoms with Crippen LogP contribution in [-0.4, -0.2) is 34.2 Å². The van der Waals surface area contributed by atoms with Crippen LogP contribution in [0.25, 0.3) is 5.69 Å². The van der Waals surface area contributed by atoms with Crippen molar-refractivity contribution >= 4 is 34.9 Å². The molecule has 0 saturated heterocycles. The Kier molecular flexibility index (Phi) is 5.79. The number of nitrogens with zero attached hydrogens (tertiary/aromatic N) is 4. The molecule has 1 atom stereocenters. The Bertz CT molecular complexity index is 1350. The van der Waals surface area contributed by atoms with E-state index in [-0.39, 0.29) is 11.5 Å². The third-order valence-electron chi connectivity index (χ3n) is 5.55. The highest BCUT2D eigenvalue weighted by Gasteiger charge is 2.38. The molecule has 10 heteroatoms. The van der Waals surface area contributed by atoms with E-state index in [1.165, 1.54) is 13.2 Å². The Labute approximate surface area is 204 Å². The molecule has 3 heterocycles. The van der Waals surface area contributed by atoms with Gasteiger partial charge in [-0.05, 0) is 42.8 Å². The molecule has 0 spiro atoms. The van der Waals surface area contributed by atoms with Crippen LogP contribution >= 0.6 is 23.2 Å². The van der Waals surface area contributed by atoms with Gasteiger partial charge in [-0.25, -0.2) is 9.67 Å². The number of methoxy groups -OCH3 is 1.